The van der Waals surface area contributed by atoms with Gasteiger partial charge in [0.05, 0.1) is 0 Å². The van der Waals surface area contributed by atoms with Gasteiger partial charge in [0.25, 0.3) is 0 Å². The first-order valence-corrected chi connectivity index (χ1v) is 12.3. The molecule has 0 amide bonds. The minimum Gasteiger partial charge on any atom is -0.378 e. The van der Waals surface area contributed by atoms with Crippen LogP contribution in [0.15, 0.2) is 24.3 Å². The zero-order chi connectivity index (χ0) is 28.8. The number of benzene rings is 1. The first-order valence-electron chi connectivity index (χ1n) is 9.22. The zero-order valence-electron chi connectivity index (χ0n) is 18.2. The molecule has 1 unspecified atom stereocenters. The van der Waals surface area contributed by atoms with Crippen LogP contribution in [-0.2, 0) is 16.3 Å². The van der Waals surface area contributed by atoms with E-state index in [0.717, 1.165) is 12.1 Å². The van der Waals surface area contributed by atoms with Crippen LogP contribution in [0.1, 0.15) is 12.5 Å². The molecule has 1 aromatic rings. The van der Waals surface area contributed by atoms with Crippen molar-refractivity contribution in [1.82, 2.24) is 4.67 Å². The van der Waals surface area contributed by atoms with Gasteiger partial charge >= 0.3 is 45.2 Å². The molecule has 0 heterocycles. The number of hydrogen-bond acceptors (Lipinski definition) is 4. The molecule has 0 saturated heterocycles. The predicted molar refractivity (Wildman–Crippen MR) is 102 cm³/mol. The lowest BCUT2D eigenvalue weighted by Crippen LogP contribution is -2.71. The molecule has 19 heteroatoms. The summed E-state index contributed by atoms with van der Waals surface area (Å²) in [6.45, 7) is 1.84. The predicted octanol–water partition coefficient (Wildman–Crippen LogP) is 6.57. The highest BCUT2D eigenvalue weighted by molar-refractivity contribution is 7.88. The van der Waals surface area contributed by atoms with Gasteiger partial charge in [-0.15, -0.1) is 0 Å². The van der Waals surface area contributed by atoms with E-state index in [1.807, 2.05) is 11.6 Å². The molecule has 0 spiro atoms. The van der Waals surface area contributed by atoms with Crippen LogP contribution >= 0.6 is 8.07 Å². The molecular formula is C17H17F13NO3PS. The largest absolute Gasteiger partial charge is 0.460 e. The van der Waals surface area contributed by atoms with E-state index in [9.17, 15) is 65.5 Å². The summed E-state index contributed by atoms with van der Waals surface area (Å²) in [5, 5.41) is -7.41. The van der Waals surface area contributed by atoms with E-state index >= 15 is 0 Å². The molecule has 1 atom stereocenters. The molecule has 1 aromatic carbocycles. The topological polar surface area (TPSA) is 46.6 Å². The highest BCUT2D eigenvalue weighted by Crippen LogP contribution is 2.61. The Morgan fingerprint density at radius 1 is 0.750 bits per heavy atom. The summed E-state index contributed by atoms with van der Waals surface area (Å²) in [6, 6.07) is 3.37. The van der Waals surface area contributed by atoms with Gasteiger partial charge in [-0.3, -0.25) is 4.67 Å². The number of halogens is 13. The summed E-state index contributed by atoms with van der Waals surface area (Å²) in [6.07, 6.45) is -6.55. The Hall–Kier alpha value is -1.55. The van der Waals surface area contributed by atoms with Crippen LogP contribution in [0.4, 0.5) is 57.1 Å². The molecule has 0 aliphatic heterocycles. The Balaban J connectivity index is 3.36. The second kappa shape index (κ2) is 9.97. The molecule has 0 saturated carbocycles. The minimum absolute atomic E-state index is 0.370. The lowest BCUT2D eigenvalue weighted by Gasteiger charge is -2.38. The van der Waals surface area contributed by atoms with E-state index < -0.39 is 59.1 Å². The van der Waals surface area contributed by atoms with Crippen molar-refractivity contribution in [2.45, 2.75) is 48.2 Å². The monoisotopic (exact) mass is 593 g/mol. The Morgan fingerprint density at radius 3 is 1.53 bits per heavy atom. The summed E-state index contributed by atoms with van der Waals surface area (Å²) in [4.78, 5) is 0. The van der Waals surface area contributed by atoms with Gasteiger partial charge in [0.15, 0.2) is 0 Å². The van der Waals surface area contributed by atoms with Crippen LogP contribution in [-0.4, -0.2) is 68.5 Å². The molecule has 0 bridgehead atoms. The van der Waals surface area contributed by atoms with Crippen molar-refractivity contribution in [1.29, 1.82) is 0 Å². The third kappa shape index (κ3) is 5.35. The lowest BCUT2D eigenvalue weighted by molar-refractivity contribution is -0.433. The van der Waals surface area contributed by atoms with Crippen molar-refractivity contribution >= 4 is 18.2 Å². The van der Waals surface area contributed by atoms with Crippen molar-refractivity contribution in [3.8, 4) is 5.75 Å². The van der Waals surface area contributed by atoms with E-state index in [1.165, 1.54) is 0 Å². The second-order valence-corrected chi connectivity index (χ2v) is 11.7. The van der Waals surface area contributed by atoms with Crippen LogP contribution < -0.4 is 4.18 Å². The van der Waals surface area contributed by atoms with E-state index in [2.05, 4.69) is 4.18 Å². The molecule has 36 heavy (non-hydrogen) atoms. The van der Waals surface area contributed by atoms with Crippen LogP contribution in [0, 0.1) is 0 Å². The zero-order valence-corrected chi connectivity index (χ0v) is 19.9. The van der Waals surface area contributed by atoms with Crippen molar-refractivity contribution in [2.24, 2.45) is 0 Å². The molecule has 0 N–H and O–H groups in total. The number of rotatable bonds is 11. The second-order valence-electron chi connectivity index (χ2n) is 7.32. The Labute approximate surface area is 197 Å². The average molecular weight is 593 g/mol. The third-order valence-electron chi connectivity index (χ3n) is 4.64. The highest BCUT2D eigenvalue weighted by Gasteiger charge is 2.93. The fraction of sp³-hybridized carbons (Fsp3) is 0.647. The maximum Gasteiger partial charge on any atom is 0.460 e. The number of alkyl halides is 13. The first kappa shape index (κ1) is 32.5. The van der Waals surface area contributed by atoms with E-state index in [1.54, 1.807) is 14.1 Å². The summed E-state index contributed by atoms with van der Waals surface area (Å²) in [5.41, 5.74) is 0.457. The Kier molecular flexibility index (Phi) is 8.99. The molecule has 0 radical (unpaired) electrons. The van der Waals surface area contributed by atoms with Gasteiger partial charge in [-0.25, -0.2) is 0 Å². The number of hydrogen-bond donors (Lipinski definition) is 0. The maximum atomic E-state index is 14.0. The lowest BCUT2D eigenvalue weighted by atomic mass is 9.98. The SMILES string of the molecule is CCP(Cc1ccc(OS(=O)(=O)C(F)(F)C(F)(F)C(F)(F)C(F)(F)C(F)(F)C(F)(F)F)cc1)N(C)C. The summed E-state index contributed by atoms with van der Waals surface area (Å²) >= 11 is 0. The van der Waals surface area contributed by atoms with Gasteiger partial charge in [-0.1, -0.05) is 19.1 Å². The van der Waals surface area contributed by atoms with Gasteiger partial charge in [0, 0.05) is 6.16 Å². The highest BCUT2D eigenvalue weighted by atomic mass is 32.2. The van der Waals surface area contributed by atoms with Crippen molar-refractivity contribution in [3.05, 3.63) is 29.8 Å². The summed E-state index contributed by atoms with van der Waals surface area (Å²) in [5.74, 6) is -33.6. The van der Waals surface area contributed by atoms with Crippen molar-refractivity contribution in [3.63, 3.8) is 0 Å². The van der Waals surface area contributed by atoms with Crippen LogP contribution in [0.3, 0.4) is 0 Å². The average Bonchev–Trinajstić information content (AvgIpc) is 2.71. The Bertz CT molecular complexity index is 1010. The molecule has 1 rings (SSSR count). The standard InChI is InChI=1S/C17H17F13NO3PS/c1-4-35(31(2)3)9-10-5-7-11(8-6-10)34-36(32,33)17(29,30)15(24,25)13(20,21)12(18,19)14(22,23)16(26,27)28/h5-8H,4,9H2,1-3H3. The molecule has 0 fully saturated rings. The third-order valence-corrected chi connectivity index (χ3v) is 8.53. The van der Waals surface area contributed by atoms with Gasteiger partial charge in [-0.2, -0.15) is 65.5 Å². The number of nitrogens with zero attached hydrogens (tertiary/aromatic N) is 1. The molecular weight excluding hydrogens is 576 g/mol. The fourth-order valence-electron chi connectivity index (χ4n) is 2.49. The van der Waals surface area contributed by atoms with Crippen LogP contribution in [0.5, 0.6) is 5.75 Å². The quantitative estimate of drug-likeness (QED) is 0.166. The Morgan fingerprint density at radius 2 is 1.17 bits per heavy atom. The van der Waals surface area contributed by atoms with E-state index in [4.69, 9.17) is 0 Å². The fourth-order valence-corrected chi connectivity index (χ4v) is 5.10. The van der Waals surface area contributed by atoms with Crippen LogP contribution in [0.2, 0.25) is 0 Å². The van der Waals surface area contributed by atoms with Crippen molar-refractivity contribution in [2.75, 3.05) is 20.3 Å². The minimum atomic E-state index is -8.24. The normalized spacial score (nSPS) is 15.8. The smallest absolute Gasteiger partial charge is 0.378 e. The summed E-state index contributed by atoms with van der Waals surface area (Å²) in [7, 11) is -4.64. The van der Waals surface area contributed by atoms with E-state index in [-0.39, 0.29) is 0 Å². The maximum absolute atomic E-state index is 14.0. The molecule has 0 aromatic heterocycles. The van der Waals surface area contributed by atoms with Gasteiger partial charge in [0.2, 0.25) is 0 Å². The van der Waals surface area contributed by atoms with E-state index in [0.29, 0.717) is 30.0 Å². The van der Waals surface area contributed by atoms with Gasteiger partial charge in [0.1, 0.15) is 5.75 Å². The molecule has 0 aliphatic rings. The van der Waals surface area contributed by atoms with Crippen LogP contribution in [0.25, 0.3) is 0 Å². The summed E-state index contributed by atoms with van der Waals surface area (Å²) < 4.78 is 200. The molecule has 210 valence electrons. The molecule has 4 nitrogen and oxygen atoms in total. The van der Waals surface area contributed by atoms with Crippen molar-refractivity contribution < 1.29 is 69.7 Å². The molecule has 0 aliphatic carbocycles. The van der Waals surface area contributed by atoms with Gasteiger partial charge in [-0.05, 0) is 46.0 Å². The first-order chi connectivity index (χ1) is 15.8. The van der Waals surface area contributed by atoms with Gasteiger partial charge < -0.3 is 4.18 Å².